The molecular formula is C14H27NO2. The highest BCUT2D eigenvalue weighted by molar-refractivity contribution is 5.71. The van der Waals surface area contributed by atoms with Gasteiger partial charge in [0.2, 0.25) is 0 Å². The summed E-state index contributed by atoms with van der Waals surface area (Å²) in [6.45, 7) is 9.93. The highest BCUT2D eigenvalue weighted by Gasteiger charge is 2.42. The van der Waals surface area contributed by atoms with E-state index >= 15 is 0 Å². The number of rotatable bonds is 5. The Morgan fingerprint density at radius 1 is 1.41 bits per heavy atom. The van der Waals surface area contributed by atoms with Crippen LogP contribution >= 0.6 is 0 Å². The Hall–Kier alpha value is -0.570. The third-order valence-corrected chi connectivity index (χ3v) is 4.30. The predicted octanol–water partition coefficient (Wildman–Crippen LogP) is 2.74. The minimum atomic E-state index is -0.0607. The van der Waals surface area contributed by atoms with Crippen LogP contribution in [0.15, 0.2) is 0 Å². The highest BCUT2D eigenvalue weighted by atomic mass is 16.5. The monoisotopic (exact) mass is 241 g/mol. The third-order valence-electron chi connectivity index (χ3n) is 4.30. The maximum Gasteiger partial charge on any atom is 0.307 e. The summed E-state index contributed by atoms with van der Waals surface area (Å²) in [4.78, 5) is 11.8. The van der Waals surface area contributed by atoms with Crippen LogP contribution < -0.4 is 5.32 Å². The molecule has 1 aliphatic carbocycles. The van der Waals surface area contributed by atoms with E-state index in [9.17, 15) is 4.79 Å². The first kappa shape index (κ1) is 14.5. The molecule has 0 aromatic carbocycles. The highest BCUT2D eigenvalue weighted by Crippen LogP contribution is 2.39. The molecule has 100 valence electrons. The van der Waals surface area contributed by atoms with E-state index in [1.807, 2.05) is 6.92 Å². The van der Waals surface area contributed by atoms with Crippen molar-refractivity contribution < 1.29 is 9.53 Å². The SMILES string of the molecule is CCNC1(CC(=O)OCC)CCCC(C)C1C. The van der Waals surface area contributed by atoms with Crippen LogP contribution in [0.3, 0.4) is 0 Å². The standard InChI is InChI=1S/C14H27NO2/c1-5-15-14(10-13(16)17-6-2)9-7-8-11(3)12(14)4/h11-12,15H,5-10H2,1-4H3. The molecule has 0 aromatic rings. The number of ether oxygens (including phenoxy) is 1. The second-order valence-electron chi connectivity index (χ2n) is 5.33. The number of nitrogens with one attached hydrogen (secondary N) is 1. The van der Waals surface area contributed by atoms with Crippen molar-refractivity contribution in [2.45, 2.75) is 58.9 Å². The van der Waals surface area contributed by atoms with Crippen molar-refractivity contribution in [1.82, 2.24) is 5.32 Å². The summed E-state index contributed by atoms with van der Waals surface area (Å²) in [7, 11) is 0. The van der Waals surface area contributed by atoms with Crippen molar-refractivity contribution in [1.29, 1.82) is 0 Å². The summed E-state index contributed by atoms with van der Waals surface area (Å²) in [6.07, 6.45) is 4.08. The third kappa shape index (κ3) is 3.44. The fraction of sp³-hybridized carbons (Fsp3) is 0.929. The Balaban J connectivity index is 2.76. The summed E-state index contributed by atoms with van der Waals surface area (Å²) in [5.41, 5.74) is -0.0430. The van der Waals surface area contributed by atoms with Gasteiger partial charge in [0.25, 0.3) is 0 Å². The summed E-state index contributed by atoms with van der Waals surface area (Å²) < 4.78 is 5.12. The Kier molecular flexibility index (Phi) is 5.44. The van der Waals surface area contributed by atoms with Crippen molar-refractivity contribution in [3.63, 3.8) is 0 Å². The van der Waals surface area contributed by atoms with Crippen molar-refractivity contribution in [3.8, 4) is 0 Å². The van der Waals surface area contributed by atoms with Crippen molar-refractivity contribution >= 4 is 5.97 Å². The second-order valence-corrected chi connectivity index (χ2v) is 5.33. The molecule has 0 amide bonds. The van der Waals surface area contributed by atoms with Gasteiger partial charge >= 0.3 is 5.97 Å². The molecule has 0 spiro atoms. The molecule has 3 atom stereocenters. The fourth-order valence-electron chi connectivity index (χ4n) is 3.14. The maximum absolute atomic E-state index is 11.8. The smallest absolute Gasteiger partial charge is 0.307 e. The topological polar surface area (TPSA) is 38.3 Å². The second kappa shape index (κ2) is 6.39. The molecule has 1 saturated carbocycles. The van der Waals surface area contributed by atoms with E-state index in [0.717, 1.165) is 13.0 Å². The molecule has 0 heterocycles. The quantitative estimate of drug-likeness (QED) is 0.752. The zero-order valence-corrected chi connectivity index (χ0v) is 11.7. The molecule has 3 heteroatoms. The van der Waals surface area contributed by atoms with Gasteiger partial charge in [0, 0.05) is 5.54 Å². The van der Waals surface area contributed by atoms with Gasteiger partial charge in [-0.05, 0) is 31.7 Å². The number of hydrogen-bond acceptors (Lipinski definition) is 3. The van der Waals surface area contributed by atoms with E-state index < -0.39 is 0 Å². The van der Waals surface area contributed by atoms with Crippen molar-refractivity contribution in [2.75, 3.05) is 13.2 Å². The molecule has 17 heavy (non-hydrogen) atoms. The molecule has 3 unspecified atom stereocenters. The first-order chi connectivity index (χ1) is 8.05. The summed E-state index contributed by atoms with van der Waals surface area (Å²) in [5.74, 6) is 1.15. The predicted molar refractivity (Wildman–Crippen MR) is 69.8 cm³/mol. The molecule has 0 bridgehead atoms. The van der Waals surface area contributed by atoms with Gasteiger partial charge in [-0.15, -0.1) is 0 Å². The maximum atomic E-state index is 11.8. The number of esters is 1. The van der Waals surface area contributed by atoms with Gasteiger partial charge in [0.05, 0.1) is 13.0 Å². The molecule has 1 rings (SSSR count). The lowest BCUT2D eigenvalue weighted by Gasteiger charge is -2.46. The lowest BCUT2D eigenvalue weighted by molar-refractivity contribution is -0.146. The molecule has 0 aromatic heterocycles. The minimum absolute atomic E-state index is 0.0430. The van der Waals surface area contributed by atoms with E-state index in [1.165, 1.54) is 12.8 Å². The Labute approximate surface area is 105 Å². The van der Waals surface area contributed by atoms with Gasteiger partial charge in [0.1, 0.15) is 0 Å². The van der Waals surface area contributed by atoms with Crippen LogP contribution in [-0.4, -0.2) is 24.7 Å². The lowest BCUT2D eigenvalue weighted by atomic mass is 9.67. The molecule has 0 radical (unpaired) electrons. The first-order valence-corrected chi connectivity index (χ1v) is 6.96. The fourth-order valence-corrected chi connectivity index (χ4v) is 3.14. The minimum Gasteiger partial charge on any atom is -0.466 e. The molecule has 1 N–H and O–H groups in total. The molecule has 1 aliphatic rings. The van der Waals surface area contributed by atoms with Crippen LogP contribution in [0.5, 0.6) is 0 Å². The van der Waals surface area contributed by atoms with Crippen LogP contribution in [0, 0.1) is 11.8 Å². The van der Waals surface area contributed by atoms with E-state index in [2.05, 4.69) is 26.1 Å². The largest absolute Gasteiger partial charge is 0.466 e. The average molecular weight is 241 g/mol. The van der Waals surface area contributed by atoms with Gasteiger partial charge in [-0.2, -0.15) is 0 Å². The van der Waals surface area contributed by atoms with Gasteiger partial charge in [0.15, 0.2) is 0 Å². The molecule has 0 aliphatic heterocycles. The number of carbonyl (C=O) groups is 1. The van der Waals surface area contributed by atoms with E-state index in [4.69, 9.17) is 4.74 Å². The van der Waals surface area contributed by atoms with E-state index in [0.29, 0.717) is 24.9 Å². The van der Waals surface area contributed by atoms with Crippen LogP contribution in [0.2, 0.25) is 0 Å². The first-order valence-electron chi connectivity index (χ1n) is 6.96. The lowest BCUT2D eigenvalue weighted by Crippen LogP contribution is -2.55. The van der Waals surface area contributed by atoms with E-state index in [-0.39, 0.29) is 11.5 Å². The Morgan fingerprint density at radius 2 is 2.12 bits per heavy atom. The summed E-state index contributed by atoms with van der Waals surface area (Å²) in [6, 6.07) is 0. The summed E-state index contributed by atoms with van der Waals surface area (Å²) in [5, 5.41) is 3.57. The van der Waals surface area contributed by atoms with Gasteiger partial charge in [-0.3, -0.25) is 4.79 Å². The van der Waals surface area contributed by atoms with E-state index in [1.54, 1.807) is 0 Å². The summed E-state index contributed by atoms with van der Waals surface area (Å²) >= 11 is 0. The molecule has 3 nitrogen and oxygen atoms in total. The molecule has 1 fully saturated rings. The normalized spacial score (nSPS) is 33.4. The Bertz CT molecular complexity index is 251. The van der Waals surface area contributed by atoms with Gasteiger partial charge < -0.3 is 10.1 Å². The van der Waals surface area contributed by atoms with Crippen LogP contribution in [-0.2, 0) is 9.53 Å². The van der Waals surface area contributed by atoms with Crippen molar-refractivity contribution in [3.05, 3.63) is 0 Å². The van der Waals surface area contributed by atoms with Crippen LogP contribution in [0.25, 0.3) is 0 Å². The van der Waals surface area contributed by atoms with Gasteiger partial charge in [-0.1, -0.05) is 33.6 Å². The number of carbonyl (C=O) groups excluding carboxylic acids is 1. The van der Waals surface area contributed by atoms with Crippen molar-refractivity contribution in [2.24, 2.45) is 11.8 Å². The number of hydrogen-bond donors (Lipinski definition) is 1. The molecule has 0 saturated heterocycles. The zero-order chi connectivity index (χ0) is 12.9. The average Bonchev–Trinajstić information content (AvgIpc) is 2.26. The van der Waals surface area contributed by atoms with Crippen LogP contribution in [0.1, 0.15) is 53.4 Å². The van der Waals surface area contributed by atoms with Gasteiger partial charge in [-0.25, -0.2) is 0 Å². The zero-order valence-electron chi connectivity index (χ0n) is 11.7. The Morgan fingerprint density at radius 3 is 2.71 bits per heavy atom. The molecular weight excluding hydrogens is 214 g/mol. The van der Waals surface area contributed by atoms with Crippen LogP contribution in [0.4, 0.5) is 0 Å².